The summed E-state index contributed by atoms with van der Waals surface area (Å²) in [5.41, 5.74) is 1.76. The number of rotatable bonds is 2. The molecule has 0 aliphatic carbocycles. The molecule has 2 N–H and O–H groups in total. The zero-order valence-electron chi connectivity index (χ0n) is 8.77. The van der Waals surface area contributed by atoms with E-state index >= 15 is 0 Å². The van der Waals surface area contributed by atoms with Gasteiger partial charge in [-0.05, 0) is 30.3 Å². The SMILES string of the molecule is O=C(O)c1ccc(-c2ccc3c(c2)OCO3)[nH]1. The number of hydrogen-bond acceptors (Lipinski definition) is 3. The molecule has 1 aliphatic heterocycles. The van der Waals surface area contributed by atoms with Crippen molar-refractivity contribution in [1.29, 1.82) is 0 Å². The van der Waals surface area contributed by atoms with E-state index in [-0.39, 0.29) is 12.5 Å². The minimum Gasteiger partial charge on any atom is -0.477 e. The molecule has 0 radical (unpaired) electrons. The van der Waals surface area contributed by atoms with Crippen LogP contribution in [0.4, 0.5) is 0 Å². The molecule has 3 rings (SSSR count). The summed E-state index contributed by atoms with van der Waals surface area (Å²) >= 11 is 0. The van der Waals surface area contributed by atoms with Crippen LogP contribution in [0.1, 0.15) is 10.5 Å². The molecule has 86 valence electrons. The minimum absolute atomic E-state index is 0.165. The molecule has 5 heteroatoms. The number of aromatic nitrogens is 1. The van der Waals surface area contributed by atoms with Gasteiger partial charge < -0.3 is 19.6 Å². The molecule has 2 heterocycles. The minimum atomic E-state index is -0.975. The quantitative estimate of drug-likeness (QED) is 0.830. The predicted octanol–water partition coefficient (Wildman–Crippen LogP) is 2.11. The van der Waals surface area contributed by atoms with Crippen molar-refractivity contribution in [2.45, 2.75) is 0 Å². The number of nitrogens with one attached hydrogen (secondary N) is 1. The summed E-state index contributed by atoms with van der Waals surface area (Å²) in [6.07, 6.45) is 0. The van der Waals surface area contributed by atoms with Crippen LogP contribution in [0, 0.1) is 0 Å². The second kappa shape index (κ2) is 3.55. The number of hydrogen-bond donors (Lipinski definition) is 2. The summed E-state index contributed by atoms with van der Waals surface area (Å²) in [7, 11) is 0. The van der Waals surface area contributed by atoms with E-state index in [2.05, 4.69) is 4.98 Å². The third-order valence-corrected chi connectivity index (χ3v) is 2.60. The number of H-pyrrole nitrogens is 1. The van der Waals surface area contributed by atoms with Gasteiger partial charge >= 0.3 is 5.97 Å². The van der Waals surface area contributed by atoms with Crippen LogP contribution in [0.15, 0.2) is 30.3 Å². The molecule has 0 unspecified atom stereocenters. The monoisotopic (exact) mass is 231 g/mol. The number of carbonyl (C=O) groups is 1. The summed E-state index contributed by atoms with van der Waals surface area (Å²) in [6.45, 7) is 0.226. The van der Waals surface area contributed by atoms with Gasteiger partial charge in [-0.25, -0.2) is 4.79 Å². The van der Waals surface area contributed by atoms with Gasteiger partial charge in [-0.3, -0.25) is 0 Å². The highest BCUT2D eigenvalue weighted by Crippen LogP contribution is 2.35. The average Bonchev–Trinajstić information content (AvgIpc) is 2.97. The molecule has 1 aromatic heterocycles. The number of fused-ring (bicyclic) bond motifs is 1. The lowest BCUT2D eigenvalue weighted by Gasteiger charge is -2.00. The fourth-order valence-corrected chi connectivity index (χ4v) is 1.75. The van der Waals surface area contributed by atoms with Gasteiger partial charge in [0.05, 0.1) is 0 Å². The van der Waals surface area contributed by atoms with E-state index in [1.165, 1.54) is 6.07 Å². The first-order valence-corrected chi connectivity index (χ1v) is 5.06. The third kappa shape index (κ3) is 1.61. The lowest BCUT2D eigenvalue weighted by molar-refractivity contribution is 0.0691. The maximum Gasteiger partial charge on any atom is 0.352 e. The normalized spacial score (nSPS) is 12.7. The van der Waals surface area contributed by atoms with Crippen LogP contribution in [-0.2, 0) is 0 Å². The van der Waals surface area contributed by atoms with Gasteiger partial charge in [0.1, 0.15) is 5.69 Å². The summed E-state index contributed by atoms with van der Waals surface area (Å²) in [4.78, 5) is 13.6. The van der Waals surface area contributed by atoms with Gasteiger partial charge in [0.15, 0.2) is 11.5 Å². The fourth-order valence-electron chi connectivity index (χ4n) is 1.75. The Balaban J connectivity index is 2.00. The Labute approximate surface area is 96.6 Å². The fraction of sp³-hybridized carbons (Fsp3) is 0.0833. The van der Waals surface area contributed by atoms with Crippen molar-refractivity contribution in [3.05, 3.63) is 36.0 Å². The van der Waals surface area contributed by atoms with Crippen LogP contribution in [0.2, 0.25) is 0 Å². The Hall–Kier alpha value is -2.43. The summed E-state index contributed by atoms with van der Waals surface area (Å²) in [6, 6.07) is 8.73. The molecule has 0 amide bonds. The molecule has 0 saturated heterocycles. The van der Waals surface area contributed by atoms with Gasteiger partial charge in [-0.2, -0.15) is 0 Å². The molecular formula is C12H9NO4. The Morgan fingerprint density at radius 3 is 2.76 bits per heavy atom. The highest BCUT2D eigenvalue weighted by Gasteiger charge is 2.15. The Bertz CT molecular complexity index is 588. The van der Waals surface area contributed by atoms with Crippen molar-refractivity contribution in [3.8, 4) is 22.8 Å². The first kappa shape index (κ1) is 9.77. The Morgan fingerprint density at radius 2 is 2.00 bits per heavy atom. The van der Waals surface area contributed by atoms with Gasteiger partial charge in [-0.15, -0.1) is 0 Å². The predicted molar refractivity (Wildman–Crippen MR) is 59.3 cm³/mol. The van der Waals surface area contributed by atoms with E-state index in [1.54, 1.807) is 12.1 Å². The van der Waals surface area contributed by atoms with Crippen molar-refractivity contribution >= 4 is 5.97 Å². The maximum absolute atomic E-state index is 10.8. The number of aromatic amines is 1. The first-order chi connectivity index (χ1) is 8.24. The molecular weight excluding hydrogens is 222 g/mol. The molecule has 2 aromatic rings. The number of carboxylic acids is 1. The lowest BCUT2D eigenvalue weighted by Crippen LogP contribution is -1.95. The molecule has 1 aliphatic rings. The third-order valence-electron chi connectivity index (χ3n) is 2.60. The first-order valence-electron chi connectivity index (χ1n) is 5.06. The summed E-state index contributed by atoms with van der Waals surface area (Å²) < 4.78 is 10.5. The van der Waals surface area contributed by atoms with Crippen LogP contribution in [0.3, 0.4) is 0 Å². The van der Waals surface area contributed by atoms with E-state index in [4.69, 9.17) is 14.6 Å². The van der Waals surface area contributed by atoms with Crippen LogP contribution in [0.25, 0.3) is 11.3 Å². The van der Waals surface area contributed by atoms with Crippen molar-refractivity contribution in [2.24, 2.45) is 0 Å². The molecule has 1 aromatic carbocycles. The van der Waals surface area contributed by atoms with Crippen LogP contribution >= 0.6 is 0 Å². The van der Waals surface area contributed by atoms with E-state index in [1.807, 2.05) is 12.1 Å². The largest absolute Gasteiger partial charge is 0.477 e. The second-order valence-corrected chi connectivity index (χ2v) is 3.66. The highest BCUT2D eigenvalue weighted by atomic mass is 16.7. The number of ether oxygens (including phenoxy) is 2. The van der Waals surface area contributed by atoms with Gasteiger partial charge in [-0.1, -0.05) is 0 Å². The molecule has 0 saturated carbocycles. The topological polar surface area (TPSA) is 71.6 Å². The molecule has 0 atom stereocenters. The van der Waals surface area contributed by atoms with Crippen LogP contribution in [0.5, 0.6) is 11.5 Å². The van der Waals surface area contributed by atoms with E-state index in [9.17, 15) is 4.79 Å². The van der Waals surface area contributed by atoms with Crippen molar-refractivity contribution in [1.82, 2.24) is 4.98 Å². The number of carboxylic acid groups (broad SMARTS) is 1. The van der Waals surface area contributed by atoms with Gasteiger partial charge in [0.2, 0.25) is 6.79 Å². The number of aromatic carboxylic acids is 1. The molecule has 0 fully saturated rings. The average molecular weight is 231 g/mol. The Kier molecular flexibility index (Phi) is 2.04. The number of benzene rings is 1. The lowest BCUT2D eigenvalue weighted by atomic mass is 10.1. The van der Waals surface area contributed by atoms with Gasteiger partial charge in [0, 0.05) is 11.3 Å². The van der Waals surface area contributed by atoms with Crippen molar-refractivity contribution in [3.63, 3.8) is 0 Å². The van der Waals surface area contributed by atoms with E-state index in [0.717, 1.165) is 11.3 Å². The zero-order chi connectivity index (χ0) is 11.8. The molecule has 17 heavy (non-hydrogen) atoms. The van der Waals surface area contributed by atoms with Crippen molar-refractivity contribution < 1.29 is 19.4 Å². The smallest absolute Gasteiger partial charge is 0.352 e. The zero-order valence-corrected chi connectivity index (χ0v) is 8.77. The molecule has 5 nitrogen and oxygen atoms in total. The van der Waals surface area contributed by atoms with Crippen LogP contribution < -0.4 is 9.47 Å². The van der Waals surface area contributed by atoms with E-state index in [0.29, 0.717) is 11.5 Å². The highest BCUT2D eigenvalue weighted by molar-refractivity contribution is 5.87. The van der Waals surface area contributed by atoms with Crippen LogP contribution in [-0.4, -0.2) is 22.9 Å². The van der Waals surface area contributed by atoms with Gasteiger partial charge in [0.25, 0.3) is 0 Å². The molecule has 0 spiro atoms. The Morgan fingerprint density at radius 1 is 1.18 bits per heavy atom. The van der Waals surface area contributed by atoms with Crippen molar-refractivity contribution in [2.75, 3.05) is 6.79 Å². The molecule has 0 bridgehead atoms. The van der Waals surface area contributed by atoms with E-state index < -0.39 is 5.97 Å². The second-order valence-electron chi connectivity index (χ2n) is 3.66. The maximum atomic E-state index is 10.8. The standard InChI is InChI=1S/C12H9NO4/c14-12(15)9-3-2-8(13-9)7-1-4-10-11(5-7)17-6-16-10/h1-5,13H,6H2,(H,14,15). The summed E-state index contributed by atoms with van der Waals surface area (Å²) in [5.74, 6) is 0.407. The summed E-state index contributed by atoms with van der Waals surface area (Å²) in [5, 5.41) is 8.82.